The largest absolute Gasteiger partial charge is 0.311 e. The van der Waals surface area contributed by atoms with E-state index >= 15 is 0 Å². The topological polar surface area (TPSA) is 19.4 Å². The van der Waals surface area contributed by atoms with Crippen molar-refractivity contribution >= 4 is 146 Å². The van der Waals surface area contributed by atoms with Gasteiger partial charge in [-0.1, -0.05) is 351 Å². The minimum atomic E-state index is 0. The second-order valence-corrected chi connectivity index (χ2v) is 31.9. The molecule has 0 aliphatic carbocycles. The summed E-state index contributed by atoms with van der Waals surface area (Å²) in [6.07, 6.45) is 3.74. The fraction of sp³-hybridized carbons (Fsp3) is 0.104. The normalized spacial score (nSPS) is 10.0. The molecule has 133 heavy (non-hydrogen) atoms. The van der Waals surface area contributed by atoms with Crippen LogP contribution in [0.5, 0.6) is 0 Å². The van der Waals surface area contributed by atoms with Gasteiger partial charge in [0, 0.05) is 111 Å². The van der Waals surface area contributed by atoms with E-state index in [1.165, 1.54) is 50.2 Å². The Balaban J connectivity index is 0.000000185. The van der Waals surface area contributed by atoms with Crippen LogP contribution in [-0.4, -0.2) is 0 Å². The van der Waals surface area contributed by atoms with E-state index in [9.17, 15) is 0 Å². The first-order chi connectivity index (χ1) is 64.9. The zero-order valence-corrected chi connectivity index (χ0v) is 81.2. The van der Waals surface area contributed by atoms with E-state index in [0.717, 1.165) is 117 Å². The zero-order valence-electron chi connectivity index (χ0n) is 78.0. The molecule has 0 atom stereocenters. The molecule has 0 radical (unpaired) electrons. The SMILES string of the molecule is C.C=Cc1ccc(N(c2ccccc2)c2ccc(-c3ccc(N(c4ccccc4)c4cccc(C)c4)cc3)cc2)cc1.C=Cc1ccc(N(c2ccccc2)c2cccc(C)c2)cc1.CC.CC.CC.CC.Cc1cccc(N(c2ccccc2)c2ccc(-c3ccc(N(c4ccccc4)c4ccc(Br)cc4)cc3)cc2)c1.Cc1cccc(N(c2ccccc2)c2ccc(Br)cc2)c1. The first-order valence-corrected chi connectivity index (χ1v) is 47.2. The second kappa shape index (κ2) is 52.8. The Kier molecular flexibility index (Phi) is 39.8. The molecule has 0 bridgehead atoms. The van der Waals surface area contributed by atoms with Gasteiger partial charge in [0.05, 0.1) is 0 Å². The molecule has 8 heteroatoms. The van der Waals surface area contributed by atoms with Crippen LogP contribution in [0.1, 0.15) is 96.2 Å². The first-order valence-electron chi connectivity index (χ1n) is 45.6. The van der Waals surface area contributed by atoms with Gasteiger partial charge in [-0.15, -0.1) is 0 Å². The van der Waals surface area contributed by atoms with Gasteiger partial charge in [0.1, 0.15) is 0 Å². The van der Waals surface area contributed by atoms with Gasteiger partial charge in [-0.05, 0) is 326 Å². The predicted octanol–water partition coefficient (Wildman–Crippen LogP) is 39.7. The van der Waals surface area contributed by atoms with Gasteiger partial charge in [-0.25, -0.2) is 0 Å². The second-order valence-electron chi connectivity index (χ2n) is 30.1. The highest BCUT2D eigenvalue weighted by atomic mass is 79.9. The van der Waals surface area contributed by atoms with Gasteiger partial charge in [-0.2, -0.15) is 0 Å². The molecule has 0 aliphatic rings. The third-order valence-corrected chi connectivity index (χ3v) is 22.3. The van der Waals surface area contributed by atoms with E-state index in [2.05, 4.69) is 551 Å². The molecular weight excluding hydrogens is 1750 g/mol. The predicted molar refractivity (Wildman–Crippen MR) is 591 cm³/mol. The smallest absolute Gasteiger partial charge is 0.0464 e. The lowest BCUT2D eigenvalue weighted by atomic mass is 10.0. The monoisotopic (exact) mass is 1870 g/mol. The summed E-state index contributed by atoms with van der Waals surface area (Å²) in [6, 6.07) is 166. The van der Waals surface area contributed by atoms with Crippen LogP contribution in [0.3, 0.4) is 0 Å². The summed E-state index contributed by atoms with van der Waals surface area (Å²) in [7, 11) is 0. The third-order valence-electron chi connectivity index (χ3n) is 21.2. The maximum atomic E-state index is 3.89. The maximum Gasteiger partial charge on any atom is 0.0464 e. The fourth-order valence-electron chi connectivity index (χ4n) is 15.1. The number of halogens is 2. The van der Waals surface area contributed by atoms with Crippen LogP contribution in [0.15, 0.2) is 495 Å². The number of nitrogens with zero attached hydrogens (tertiary/aromatic N) is 6. The van der Waals surface area contributed by atoms with E-state index in [4.69, 9.17) is 0 Å². The minimum absolute atomic E-state index is 0. The van der Waals surface area contributed by atoms with Crippen LogP contribution in [-0.2, 0) is 0 Å². The Morgan fingerprint density at radius 1 is 0.165 bits per heavy atom. The molecule has 0 heterocycles. The quantitative estimate of drug-likeness (QED) is 0.0669. The highest BCUT2D eigenvalue weighted by molar-refractivity contribution is 9.10. The van der Waals surface area contributed by atoms with Gasteiger partial charge in [-0.3, -0.25) is 0 Å². The van der Waals surface area contributed by atoms with Crippen LogP contribution in [0.4, 0.5) is 102 Å². The summed E-state index contributed by atoms with van der Waals surface area (Å²) in [5.41, 5.74) is 32.4. The van der Waals surface area contributed by atoms with E-state index in [1.807, 2.05) is 91.8 Å². The molecule has 0 saturated heterocycles. The first kappa shape index (κ1) is 100. The Hall–Kier alpha value is -14.8. The van der Waals surface area contributed by atoms with Gasteiger partial charge in [0.2, 0.25) is 0 Å². The Morgan fingerprint density at radius 2 is 0.301 bits per heavy atom. The average Bonchev–Trinajstić information content (AvgIpc) is 0.798. The number of benzene rings is 18. The molecule has 0 N–H and O–H groups in total. The summed E-state index contributed by atoms with van der Waals surface area (Å²) in [5, 5.41) is 0. The number of para-hydroxylation sites is 6. The van der Waals surface area contributed by atoms with Crippen LogP contribution in [0.25, 0.3) is 34.4 Å². The summed E-state index contributed by atoms with van der Waals surface area (Å²) in [5.74, 6) is 0. The van der Waals surface area contributed by atoms with E-state index < -0.39 is 0 Å². The molecule has 668 valence electrons. The molecule has 0 amide bonds. The van der Waals surface area contributed by atoms with Crippen molar-refractivity contribution in [2.24, 2.45) is 0 Å². The van der Waals surface area contributed by atoms with E-state index in [1.54, 1.807) is 0 Å². The number of anilines is 18. The number of hydrogen-bond acceptors (Lipinski definition) is 6. The average molecular weight is 1870 g/mol. The van der Waals surface area contributed by atoms with Crippen molar-refractivity contribution in [2.45, 2.75) is 90.5 Å². The third kappa shape index (κ3) is 27.6. The van der Waals surface area contributed by atoms with Gasteiger partial charge in [0.15, 0.2) is 0 Å². The lowest BCUT2D eigenvalue weighted by molar-refractivity contribution is 1.27. The molecule has 18 rings (SSSR count). The van der Waals surface area contributed by atoms with E-state index in [-0.39, 0.29) is 7.43 Å². The molecular formula is C125H124Br2N6. The summed E-state index contributed by atoms with van der Waals surface area (Å²) in [4.78, 5) is 13.7. The lowest BCUT2D eigenvalue weighted by Crippen LogP contribution is -2.10. The summed E-state index contributed by atoms with van der Waals surface area (Å²) < 4.78 is 2.15. The van der Waals surface area contributed by atoms with Gasteiger partial charge < -0.3 is 29.4 Å². The van der Waals surface area contributed by atoms with Crippen LogP contribution >= 0.6 is 31.9 Å². The van der Waals surface area contributed by atoms with Crippen molar-refractivity contribution in [3.05, 3.63) is 529 Å². The number of rotatable bonds is 22. The lowest BCUT2D eigenvalue weighted by Gasteiger charge is -2.26. The van der Waals surface area contributed by atoms with Gasteiger partial charge >= 0.3 is 0 Å². The summed E-state index contributed by atoms with van der Waals surface area (Å²) >= 11 is 7.06. The number of hydrogen-bond donors (Lipinski definition) is 0. The molecule has 0 spiro atoms. The minimum Gasteiger partial charge on any atom is -0.311 e. The van der Waals surface area contributed by atoms with Crippen LogP contribution < -0.4 is 29.4 Å². The van der Waals surface area contributed by atoms with Crippen LogP contribution in [0, 0.1) is 27.7 Å². The Morgan fingerprint density at radius 3 is 0.459 bits per heavy atom. The van der Waals surface area contributed by atoms with Crippen molar-refractivity contribution in [1.29, 1.82) is 0 Å². The number of aryl methyl sites for hydroxylation is 4. The van der Waals surface area contributed by atoms with Crippen molar-refractivity contribution in [1.82, 2.24) is 0 Å². The van der Waals surface area contributed by atoms with Crippen LogP contribution in [0.2, 0.25) is 0 Å². The maximum absolute atomic E-state index is 3.89. The molecule has 18 aromatic carbocycles. The van der Waals surface area contributed by atoms with E-state index in [0.29, 0.717) is 0 Å². The van der Waals surface area contributed by atoms with Crippen molar-refractivity contribution in [2.75, 3.05) is 29.4 Å². The molecule has 6 nitrogen and oxygen atoms in total. The van der Waals surface area contributed by atoms with Crippen molar-refractivity contribution in [3.8, 4) is 22.3 Å². The standard InChI is InChI=1S/C39H32N2.C37H29BrN2.C21H19N.C19H16BrN.4C2H6.CH4/c1-3-31-17-23-36(24-18-31)40(34-12-6-4-7-13-34)37-25-19-32(20-26-37)33-21-27-38(28-22-33)41(35-14-8-5-9-15-35)39-16-10-11-30(2)29-39;1-28-9-8-14-37(27-28)40(33-12-6-3-7-13-33)35-23-17-30(18-24-35)29-15-21-34(22-16-29)39(32-10-4-2-5-11-32)36-25-19-31(38)20-26-36;1-3-18-12-14-20(15-13-18)22(19-9-5-4-6-10-19)21-11-7-8-17(2)16-21;1-15-6-5-9-19(14-15)21(17-7-3-2-4-8-17)18-12-10-16(20)11-13-18;4*1-2;/h3-29H,1H2,2H3;2-27H,1H3;3-16H,1H2,2H3;2-14H,1H3;4*1-2H3;1H4. The fourth-order valence-corrected chi connectivity index (χ4v) is 15.7. The van der Waals surface area contributed by atoms with Crippen molar-refractivity contribution < 1.29 is 0 Å². The summed E-state index contributed by atoms with van der Waals surface area (Å²) in [6.45, 7) is 32.2. The molecule has 0 aliphatic heterocycles. The molecule has 18 aromatic rings. The molecule has 0 saturated carbocycles. The Bertz CT molecular complexity index is 6410. The molecule has 0 fully saturated rings. The molecule has 0 unspecified atom stereocenters. The van der Waals surface area contributed by atoms with Crippen molar-refractivity contribution in [3.63, 3.8) is 0 Å². The zero-order chi connectivity index (χ0) is 93.4. The highest BCUT2D eigenvalue weighted by Crippen LogP contribution is 2.44. The highest BCUT2D eigenvalue weighted by Gasteiger charge is 2.20. The van der Waals surface area contributed by atoms with Gasteiger partial charge in [0.25, 0.3) is 0 Å². The molecule has 0 aromatic heterocycles. The Labute approximate surface area is 811 Å².